The summed E-state index contributed by atoms with van der Waals surface area (Å²) in [6.45, 7) is 3.88. The van der Waals surface area contributed by atoms with Crippen LogP contribution in [0, 0.1) is 13.8 Å². The number of hydrogen-bond acceptors (Lipinski definition) is 4. The van der Waals surface area contributed by atoms with Crippen molar-refractivity contribution in [3.05, 3.63) is 70.8 Å². The van der Waals surface area contributed by atoms with Gasteiger partial charge >= 0.3 is 135 Å². The fourth-order valence-electron chi connectivity index (χ4n) is 1.57. The van der Waals surface area contributed by atoms with Crippen molar-refractivity contribution in [3.63, 3.8) is 0 Å². The maximum atomic E-state index is 11.7. The molecule has 2 rings (SSSR count). The molecule has 5 heteroatoms. The monoisotopic (exact) mass is 391 g/mol. The van der Waals surface area contributed by atoms with Crippen LogP contribution in [0.1, 0.15) is 31.8 Å². The van der Waals surface area contributed by atoms with E-state index in [9.17, 15) is 9.59 Å². The summed E-state index contributed by atoms with van der Waals surface area (Å²) in [7, 11) is 0. The van der Waals surface area contributed by atoms with Crippen molar-refractivity contribution in [2.45, 2.75) is 13.8 Å². The second-order valence-corrected chi connectivity index (χ2v) is 6.03. The molecular formula is C16H14O4Sb. The van der Waals surface area contributed by atoms with E-state index in [1.807, 2.05) is 38.1 Å². The molecule has 0 aromatic heterocycles. The molecule has 0 saturated carbocycles. The van der Waals surface area contributed by atoms with E-state index in [2.05, 4.69) is 0 Å². The molecule has 0 atom stereocenters. The third kappa shape index (κ3) is 4.61. The minimum atomic E-state index is -1.79. The van der Waals surface area contributed by atoms with Gasteiger partial charge in [0.25, 0.3) is 0 Å². The Balaban J connectivity index is 1.83. The molecule has 0 aliphatic carbocycles. The van der Waals surface area contributed by atoms with Crippen LogP contribution in [0.2, 0.25) is 0 Å². The first-order chi connectivity index (χ1) is 10.1. The van der Waals surface area contributed by atoms with E-state index in [1.165, 1.54) is 0 Å². The predicted molar refractivity (Wildman–Crippen MR) is 78.9 cm³/mol. The van der Waals surface area contributed by atoms with Gasteiger partial charge in [-0.1, -0.05) is 0 Å². The summed E-state index contributed by atoms with van der Waals surface area (Å²) in [6.07, 6.45) is 0. The van der Waals surface area contributed by atoms with Crippen LogP contribution >= 0.6 is 0 Å². The molecule has 0 saturated heterocycles. The van der Waals surface area contributed by atoms with Gasteiger partial charge in [0.1, 0.15) is 0 Å². The Morgan fingerprint density at radius 3 is 1.38 bits per heavy atom. The van der Waals surface area contributed by atoms with Crippen LogP contribution in [-0.2, 0) is 6.03 Å². The average molecular weight is 392 g/mol. The van der Waals surface area contributed by atoms with E-state index < -0.39 is 34.4 Å². The summed E-state index contributed by atoms with van der Waals surface area (Å²) >= 11 is -1.79. The molecule has 107 valence electrons. The molecule has 2 aromatic carbocycles. The molecule has 0 aliphatic rings. The molecule has 0 spiro atoms. The van der Waals surface area contributed by atoms with Crippen LogP contribution in [0.25, 0.3) is 0 Å². The fourth-order valence-corrected chi connectivity index (χ4v) is 2.67. The van der Waals surface area contributed by atoms with E-state index in [4.69, 9.17) is 6.03 Å². The second kappa shape index (κ2) is 7.28. The topological polar surface area (TPSA) is 52.6 Å². The number of carbonyl (C=O) groups is 2. The Hall–Kier alpha value is -1.80. The van der Waals surface area contributed by atoms with Crippen molar-refractivity contribution in [3.8, 4) is 0 Å². The van der Waals surface area contributed by atoms with Gasteiger partial charge in [-0.15, -0.1) is 0 Å². The van der Waals surface area contributed by atoms with Gasteiger partial charge in [0.15, 0.2) is 0 Å². The van der Waals surface area contributed by atoms with Crippen molar-refractivity contribution in [1.29, 1.82) is 0 Å². The Morgan fingerprint density at radius 2 is 1.05 bits per heavy atom. The van der Waals surface area contributed by atoms with Crippen LogP contribution in [0.4, 0.5) is 0 Å². The van der Waals surface area contributed by atoms with E-state index in [1.54, 1.807) is 24.3 Å². The van der Waals surface area contributed by atoms with Gasteiger partial charge in [-0.3, -0.25) is 0 Å². The van der Waals surface area contributed by atoms with Gasteiger partial charge < -0.3 is 0 Å². The summed E-state index contributed by atoms with van der Waals surface area (Å²) < 4.78 is 10.1. The van der Waals surface area contributed by atoms with E-state index in [0.717, 1.165) is 11.1 Å². The molecular weight excluding hydrogens is 378 g/mol. The Bertz CT molecular complexity index is 575. The first-order valence-electron chi connectivity index (χ1n) is 6.32. The van der Waals surface area contributed by atoms with Gasteiger partial charge in [0.2, 0.25) is 0 Å². The zero-order chi connectivity index (χ0) is 15.2. The zero-order valence-corrected chi connectivity index (χ0v) is 14.3. The first kappa shape index (κ1) is 15.6. The third-order valence-electron chi connectivity index (χ3n) is 2.81. The molecule has 4 nitrogen and oxygen atoms in total. The average Bonchev–Trinajstić information content (AvgIpc) is 2.48. The van der Waals surface area contributed by atoms with Crippen molar-refractivity contribution in [2.24, 2.45) is 0 Å². The van der Waals surface area contributed by atoms with Crippen molar-refractivity contribution >= 4 is 34.4 Å². The Kier molecular flexibility index (Phi) is 5.40. The van der Waals surface area contributed by atoms with Gasteiger partial charge in [-0.05, 0) is 0 Å². The second-order valence-electron chi connectivity index (χ2n) is 4.56. The number of benzene rings is 2. The molecule has 0 amide bonds. The Labute approximate surface area is 134 Å². The quantitative estimate of drug-likeness (QED) is 0.752. The molecule has 0 unspecified atom stereocenters. The summed E-state index contributed by atoms with van der Waals surface area (Å²) in [5.74, 6) is -0.910. The summed E-state index contributed by atoms with van der Waals surface area (Å²) in [5.41, 5.74) is 3.05. The summed E-state index contributed by atoms with van der Waals surface area (Å²) in [4.78, 5) is 23.5. The number of carbonyl (C=O) groups excluding carboxylic acids is 2. The van der Waals surface area contributed by atoms with Crippen LogP contribution in [0.3, 0.4) is 0 Å². The normalized spacial score (nSPS) is 10.0. The Morgan fingerprint density at radius 1 is 0.714 bits per heavy atom. The van der Waals surface area contributed by atoms with Crippen LogP contribution in [0.5, 0.6) is 0 Å². The minimum absolute atomic E-state index is 0.455. The van der Waals surface area contributed by atoms with Gasteiger partial charge in [0, 0.05) is 0 Å². The standard InChI is InChI=1S/2C8H8O2.Sb/c2*1-6-2-4-7(5-3-6)8(9)10;/h2*2-5H,1H3,(H,9,10);/q;;+2/p-2. The molecule has 0 aliphatic heterocycles. The van der Waals surface area contributed by atoms with Crippen LogP contribution in [0.15, 0.2) is 48.5 Å². The van der Waals surface area contributed by atoms with Gasteiger partial charge in [-0.2, -0.15) is 0 Å². The fraction of sp³-hybridized carbons (Fsp3) is 0.125. The molecule has 0 fully saturated rings. The van der Waals surface area contributed by atoms with Crippen LogP contribution < -0.4 is 0 Å². The van der Waals surface area contributed by atoms with E-state index >= 15 is 0 Å². The van der Waals surface area contributed by atoms with Crippen molar-refractivity contribution in [2.75, 3.05) is 0 Å². The summed E-state index contributed by atoms with van der Waals surface area (Å²) in [6, 6.07) is 14.1. The van der Waals surface area contributed by atoms with Gasteiger partial charge in [0.05, 0.1) is 0 Å². The molecule has 0 N–H and O–H groups in total. The number of aryl methyl sites for hydroxylation is 2. The molecule has 0 heterocycles. The molecule has 1 radical (unpaired) electrons. The molecule has 2 aromatic rings. The van der Waals surface area contributed by atoms with Crippen molar-refractivity contribution in [1.82, 2.24) is 0 Å². The molecule has 21 heavy (non-hydrogen) atoms. The summed E-state index contributed by atoms with van der Waals surface area (Å²) in [5, 5.41) is 0. The molecule has 0 bridgehead atoms. The number of hydrogen-bond donors (Lipinski definition) is 0. The van der Waals surface area contributed by atoms with Crippen molar-refractivity contribution < 1.29 is 15.6 Å². The third-order valence-corrected chi connectivity index (χ3v) is 4.19. The predicted octanol–water partition coefficient (Wildman–Crippen LogP) is 2.85. The first-order valence-corrected chi connectivity index (χ1v) is 8.41. The zero-order valence-electron chi connectivity index (χ0n) is 11.7. The van der Waals surface area contributed by atoms with Gasteiger partial charge in [-0.25, -0.2) is 0 Å². The van der Waals surface area contributed by atoms with Crippen LogP contribution in [-0.4, -0.2) is 34.4 Å². The number of rotatable bonds is 4. The maximum absolute atomic E-state index is 11.7. The SMILES string of the molecule is Cc1ccc(C(=O)[O][Sb][O]C(=O)c2ccc(C)cc2)cc1. The van der Waals surface area contributed by atoms with E-state index in [-0.39, 0.29) is 0 Å². The van der Waals surface area contributed by atoms with E-state index in [0.29, 0.717) is 11.1 Å².